The second-order valence-corrected chi connectivity index (χ2v) is 4.88. The molecule has 0 saturated heterocycles. The summed E-state index contributed by atoms with van der Waals surface area (Å²) in [6.45, 7) is 1.84. The molecule has 0 bridgehead atoms. The number of alkyl halides is 1. The monoisotopic (exact) mass is 253 g/mol. The average molecular weight is 254 g/mol. The van der Waals surface area contributed by atoms with Crippen LogP contribution in [0.25, 0.3) is 11.3 Å². The zero-order valence-electron chi connectivity index (χ0n) is 9.11. The van der Waals surface area contributed by atoms with Crippen LogP contribution in [0.5, 0.6) is 0 Å². The smallest absolute Gasteiger partial charge is 0.212 e. The minimum Gasteiger partial charge on any atom is -0.439 e. The maximum atomic E-state index is 5.92. The first-order valence-corrected chi connectivity index (χ1v) is 6.61. The maximum Gasteiger partial charge on any atom is 0.212 e. The van der Waals surface area contributed by atoms with E-state index >= 15 is 0 Å². The maximum absolute atomic E-state index is 5.92. The summed E-state index contributed by atoms with van der Waals surface area (Å²) >= 11 is 7.60. The van der Waals surface area contributed by atoms with Crippen LogP contribution in [0.4, 0.5) is 0 Å². The van der Waals surface area contributed by atoms with Gasteiger partial charge < -0.3 is 4.42 Å². The van der Waals surface area contributed by atoms with E-state index in [0.29, 0.717) is 5.89 Å². The number of halogens is 1. The van der Waals surface area contributed by atoms with Gasteiger partial charge in [-0.1, -0.05) is 18.2 Å². The molecule has 0 fully saturated rings. The summed E-state index contributed by atoms with van der Waals surface area (Å²) in [5, 5.41) is -0.199. The van der Waals surface area contributed by atoms with E-state index in [-0.39, 0.29) is 5.38 Å². The molecular weight excluding hydrogens is 242 g/mol. The van der Waals surface area contributed by atoms with Gasteiger partial charge in [-0.25, -0.2) is 4.98 Å². The molecule has 0 aliphatic carbocycles. The number of aromatic nitrogens is 1. The van der Waals surface area contributed by atoms with Crippen molar-refractivity contribution in [2.24, 2.45) is 0 Å². The molecule has 0 radical (unpaired) electrons. The molecule has 2 rings (SSSR count). The molecule has 1 atom stereocenters. The average Bonchev–Trinajstić information content (AvgIpc) is 2.78. The van der Waals surface area contributed by atoms with E-state index in [2.05, 4.69) is 11.1 Å². The van der Waals surface area contributed by atoms with Crippen LogP contribution in [0.1, 0.15) is 18.2 Å². The molecule has 0 aliphatic rings. The van der Waals surface area contributed by atoms with Crippen LogP contribution in [0.3, 0.4) is 0 Å². The van der Waals surface area contributed by atoms with Gasteiger partial charge in [0.05, 0.1) is 6.20 Å². The molecule has 1 aromatic carbocycles. The van der Waals surface area contributed by atoms with E-state index < -0.39 is 0 Å². The van der Waals surface area contributed by atoms with E-state index in [4.69, 9.17) is 16.0 Å². The van der Waals surface area contributed by atoms with Gasteiger partial charge >= 0.3 is 0 Å². The molecule has 1 unspecified atom stereocenters. The first kappa shape index (κ1) is 11.6. The van der Waals surface area contributed by atoms with Gasteiger partial charge in [-0.15, -0.1) is 23.4 Å². The van der Waals surface area contributed by atoms with Crippen molar-refractivity contribution in [3.05, 3.63) is 36.4 Å². The summed E-state index contributed by atoms with van der Waals surface area (Å²) in [7, 11) is 0. The molecule has 0 amide bonds. The zero-order valence-corrected chi connectivity index (χ0v) is 10.7. The Morgan fingerprint density at radius 2 is 2.12 bits per heavy atom. The highest BCUT2D eigenvalue weighted by molar-refractivity contribution is 7.98. The normalized spacial score (nSPS) is 12.7. The van der Waals surface area contributed by atoms with E-state index in [0.717, 1.165) is 11.3 Å². The van der Waals surface area contributed by atoms with E-state index in [1.54, 1.807) is 18.0 Å². The first-order valence-electron chi connectivity index (χ1n) is 4.95. The molecule has 0 N–H and O–H groups in total. The topological polar surface area (TPSA) is 26.0 Å². The Bertz CT molecular complexity index is 481. The van der Waals surface area contributed by atoms with Gasteiger partial charge in [0.25, 0.3) is 0 Å². The van der Waals surface area contributed by atoms with Crippen LogP contribution in [-0.4, -0.2) is 11.2 Å². The predicted octanol–water partition coefficient (Wildman–Crippen LogP) is 4.36. The van der Waals surface area contributed by atoms with E-state index in [1.165, 1.54) is 4.90 Å². The van der Waals surface area contributed by atoms with Gasteiger partial charge in [0, 0.05) is 10.5 Å². The number of rotatable bonds is 3. The fourth-order valence-corrected chi connectivity index (χ4v) is 2.15. The Balaban J connectivity index is 2.42. The highest BCUT2D eigenvalue weighted by atomic mass is 35.5. The molecule has 1 heterocycles. The van der Waals surface area contributed by atoms with Crippen molar-refractivity contribution in [3.63, 3.8) is 0 Å². The van der Waals surface area contributed by atoms with Gasteiger partial charge in [-0.05, 0) is 19.2 Å². The van der Waals surface area contributed by atoms with Crippen molar-refractivity contribution in [3.8, 4) is 11.3 Å². The van der Waals surface area contributed by atoms with Gasteiger partial charge in [-0.2, -0.15) is 0 Å². The fourth-order valence-electron chi connectivity index (χ4n) is 1.44. The highest BCUT2D eigenvalue weighted by Gasteiger charge is 2.12. The molecule has 2 aromatic rings. The lowest BCUT2D eigenvalue weighted by atomic mass is 10.2. The van der Waals surface area contributed by atoms with Gasteiger partial charge in [0.2, 0.25) is 5.89 Å². The Labute approximate surface area is 104 Å². The third-order valence-corrected chi connectivity index (χ3v) is 3.22. The van der Waals surface area contributed by atoms with Crippen LogP contribution in [0, 0.1) is 0 Å². The lowest BCUT2D eigenvalue weighted by Gasteiger charge is -2.03. The second-order valence-electron chi connectivity index (χ2n) is 3.38. The largest absolute Gasteiger partial charge is 0.439 e. The second kappa shape index (κ2) is 4.93. The number of oxazole rings is 1. The summed E-state index contributed by atoms with van der Waals surface area (Å²) in [5.41, 5.74) is 1.06. The molecule has 0 spiro atoms. The lowest BCUT2D eigenvalue weighted by Crippen LogP contribution is -1.81. The van der Waals surface area contributed by atoms with Crippen molar-refractivity contribution in [2.45, 2.75) is 17.2 Å². The van der Waals surface area contributed by atoms with Gasteiger partial charge in [0.1, 0.15) is 5.38 Å². The fraction of sp³-hybridized carbons (Fsp3) is 0.250. The summed E-state index contributed by atoms with van der Waals surface area (Å²) < 4.78 is 5.62. The zero-order chi connectivity index (χ0) is 11.5. The third-order valence-electron chi connectivity index (χ3n) is 2.24. The molecule has 84 valence electrons. The quantitative estimate of drug-likeness (QED) is 0.600. The first-order chi connectivity index (χ1) is 7.72. The van der Waals surface area contributed by atoms with Crippen LogP contribution in [-0.2, 0) is 0 Å². The summed E-state index contributed by atoms with van der Waals surface area (Å²) in [6, 6.07) is 8.08. The Hall–Kier alpha value is -0.930. The molecule has 0 aliphatic heterocycles. The van der Waals surface area contributed by atoms with Crippen LogP contribution < -0.4 is 0 Å². The summed E-state index contributed by atoms with van der Waals surface area (Å²) in [6.07, 6.45) is 3.77. The number of thioether (sulfide) groups is 1. The lowest BCUT2D eigenvalue weighted by molar-refractivity contribution is 0.507. The Kier molecular flexibility index (Phi) is 3.56. The predicted molar refractivity (Wildman–Crippen MR) is 68.0 cm³/mol. The number of benzene rings is 1. The van der Waals surface area contributed by atoms with Crippen LogP contribution in [0.2, 0.25) is 0 Å². The molecule has 2 nitrogen and oxygen atoms in total. The number of hydrogen-bond donors (Lipinski definition) is 0. The van der Waals surface area contributed by atoms with Crippen molar-refractivity contribution < 1.29 is 4.42 Å². The SMILES string of the molecule is CSc1ccccc1-c1cnc(C(C)Cl)o1. The molecule has 16 heavy (non-hydrogen) atoms. The van der Waals surface area contributed by atoms with E-state index in [1.807, 2.05) is 31.4 Å². The molecule has 1 aromatic heterocycles. The summed E-state index contributed by atoms with van der Waals surface area (Å²) in [4.78, 5) is 5.33. The van der Waals surface area contributed by atoms with Gasteiger partial charge in [0.15, 0.2) is 5.76 Å². The van der Waals surface area contributed by atoms with Crippen LogP contribution >= 0.6 is 23.4 Å². The van der Waals surface area contributed by atoms with Crippen molar-refractivity contribution >= 4 is 23.4 Å². The number of hydrogen-bond acceptors (Lipinski definition) is 3. The molecule has 4 heteroatoms. The van der Waals surface area contributed by atoms with Gasteiger partial charge in [-0.3, -0.25) is 0 Å². The van der Waals surface area contributed by atoms with Crippen molar-refractivity contribution in [2.75, 3.05) is 6.26 Å². The van der Waals surface area contributed by atoms with Crippen molar-refractivity contribution in [1.82, 2.24) is 4.98 Å². The minimum atomic E-state index is -0.199. The standard InChI is InChI=1S/C12H12ClNOS/c1-8(13)12-14-7-10(15-12)9-5-3-4-6-11(9)16-2/h3-8H,1-2H3. The molecule has 0 saturated carbocycles. The van der Waals surface area contributed by atoms with E-state index in [9.17, 15) is 0 Å². The Morgan fingerprint density at radius 3 is 2.75 bits per heavy atom. The Morgan fingerprint density at radius 1 is 1.38 bits per heavy atom. The highest BCUT2D eigenvalue weighted by Crippen LogP contribution is 2.32. The number of nitrogens with zero attached hydrogens (tertiary/aromatic N) is 1. The third kappa shape index (κ3) is 2.25. The molecular formula is C12H12ClNOS. The van der Waals surface area contributed by atoms with Crippen LogP contribution in [0.15, 0.2) is 39.8 Å². The minimum absolute atomic E-state index is 0.199. The van der Waals surface area contributed by atoms with Crippen molar-refractivity contribution in [1.29, 1.82) is 0 Å². The summed E-state index contributed by atoms with van der Waals surface area (Å²) in [5.74, 6) is 1.33.